The lowest BCUT2D eigenvalue weighted by atomic mass is 10.2. The predicted molar refractivity (Wildman–Crippen MR) is 81.8 cm³/mol. The Hall–Kier alpha value is -2.67. The first-order valence-corrected chi connectivity index (χ1v) is 7.37. The molecular weight excluding hydrogens is 322 g/mol. The highest BCUT2D eigenvalue weighted by Crippen LogP contribution is 2.38. The third kappa shape index (κ3) is 2.83. The van der Waals surface area contributed by atoms with Crippen molar-refractivity contribution in [3.8, 4) is 23.1 Å². The monoisotopic (exact) mass is 333 g/mol. The molecule has 0 amide bonds. The van der Waals surface area contributed by atoms with E-state index in [9.17, 15) is 0 Å². The van der Waals surface area contributed by atoms with Crippen LogP contribution in [0.1, 0.15) is 5.89 Å². The summed E-state index contributed by atoms with van der Waals surface area (Å²) in [6.45, 7) is 1.37. The van der Waals surface area contributed by atoms with E-state index in [0.717, 1.165) is 0 Å². The first-order chi connectivity index (χ1) is 11.3. The minimum Gasteiger partial charge on any atom is -0.486 e. The van der Waals surface area contributed by atoms with E-state index < -0.39 is 0 Å². The molecule has 0 spiro atoms. The number of halogens is 1. The molecule has 7 nitrogen and oxygen atoms in total. The van der Waals surface area contributed by atoms with Gasteiger partial charge in [-0.25, -0.2) is 0 Å². The molecule has 0 atom stereocenters. The van der Waals surface area contributed by atoms with Crippen LogP contribution in [-0.4, -0.2) is 23.4 Å². The average molecular weight is 334 g/mol. The van der Waals surface area contributed by atoms with Gasteiger partial charge in [-0.3, -0.25) is 0 Å². The lowest BCUT2D eigenvalue weighted by Crippen LogP contribution is -2.15. The highest BCUT2D eigenvalue weighted by Gasteiger charge is 2.16. The molecule has 4 rings (SSSR count). The van der Waals surface area contributed by atoms with Crippen LogP contribution in [0.2, 0.25) is 5.02 Å². The van der Waals surface area contributed by atoms with Crippen molar-refractivity contribution in [2.45, 2.75) is 6.54 Å². The van der Waals surface area contributed by atoms with Crippen LogP contribution in [0, 0.1) is 0 Å². The van der Waals surface area contributed by atoms with E-state index in [4.69, 9.17) is 30.0 Å². The first kappa shape index (κ1) is 14.0. The van der Waals surface area contributed by atoms with Gasteiger partial charge < -0.3 is 23.7 Å². The molecule has 0 unspecified atom stereocenters. The topological polar surface area (TPSA) is 82.6 Å². The van der Waals surface area contributed by atoms with Gasteiger partial charge in [-0.1, -0.05) is 16.8 Å². The molecule has 8 heteroatoms. The second-order valence-electron chi connectivity index (χ2n) is 4.82. The minimum atomic E-state index is 0.326. The number of nitrogens with one attached hydrogen (secondary N) is 1. The summed E-state index contributed by atoms with van der Waals surface area (Å²) in [6, 6.07) is 7.04. The standard InChI is InChI=1S/C15H12ClN3O4/c16-9-6-12-13(22-5-4-21-12)7-10(9)17-8-14-18-15(19-23-14)11-2-1-3-20-11/h1-3,6-7,17H,4-5,8H2. The Kier molecular flexibility index (Phi) is 3.55. The van der Waals surface area contributed by atoms with E-state index in [1.165, 1.54) is 0 Å². The van der Waals surface area contributed by atoms with Crippen molar-refractivity contribution in [2.24, 2.45) is 0 Å². The lowest BCUT2D eigenvalue weighted by molar-refractivity contribution is 0.171. The summed E-state index contributed by atoms with van der Waals surface area (Å²) < 4.78 is 21.4. The Labute approximate surface area is 136 Å². The van der Waals surface area contributed by atoms with Gasteiger partial charge in [0.25, 0.3) is 0 Å². The molecule has 118 valence electrons. The third-order valence-electron chi connectivity index (χ3n) is 3.27. The number of benzene rings is 1. The quantitative estimate of drug-likeness (QED) is 0.783. The summed E-state index contributed by atoms with van der Waals surface area (Å²) in [7, 11) is 0. The molecule has 1 aromatic carbocycles. The molecule has 23 heavy (non-hydrogen) atoms. The molecule has 0 saturated heterocycles. The molecule has 3 heterocycles. The van der Waals surface area contributed by atoms with Crippen LogP contribution >= 0.6 is 11.6 Å². The maximum absolute atomic E-state index is 6.23. The molecule has 2 aromatic heterocycles. The SMILES string of the molecule is Clc1cc2c(cc1NCc1nc(-c3ccco3)no1)OCCO2. The number of fused-ring (bicyclic) bond motifs is 1. The van der Waals surface area contributed by atoms with E-state index in [2.05, 4.69) is 15.5 Å². The maximum Gasteiger partial charge on any atom is 0.246 e. The smallest absolute Gasteiger partial charge is 0.246 e. The Bertz CT molecular complexity index is 816. The van der Waals surface area contributed by atoms with E-state index in [1.807, 2.05) is 0 Å². The fraction of sp³-hybridized carbons (Fsp3) is 0.200. The average Bonchev–Trinajstić information content (AvgIpc) is 3.24. The molecular formula is C15H12ClN3O4. The molecule has 0 fully saturated rings. The number of nitrogens with zero attached hydrogens (tertiary/aromatic N) is 2. The summed E-state index contributed by atoms with van der Waals surface area (Å²) in [5.74, 6) is 2.68. The van der Waals surface area contributed by atoms with Crippen molar-refractivity contribution < 1.29 is 18.4 Å². The number of furan rings is 1. The Morgan fingerprint density at radius 3 is 2.78 bits per heavy atom. The number of anilines is 1. The van der Waals surface area contributed by atoms with Crippen molar-refractivity contribution in [3.63, 3.8) is 0 Å². The fourth-order valence-corrected chi connectivity index (χ4v) is 2.42. The van der Waals surface area contributed by atoms with Gasteiger partial charge >= 0.3 is 0 Å². The molecule has 0 bridgehead atoms. The zero-order chi connectivity index (χ0) is 15.6. The maximum atomic E-state index is 6.23. The Morgan fingerprint density at radius 1 is 1.17 bits per heavy atom. The van der Waals surface area contributed by atoms with Gasteiger partial charge in [0.1, 0.15) is 13.2 Å². The summed E-state index contributed by atoms with van der Waals surface area (Å²) in [4.78, 5) is 4.25. The second-order valence-corrected chi connectivity index (χ2v) is 5.23. The molecule has 0 radical (unpaired) electrons. The molecule has 1 N–H and O–H groups in total. The Morgan fingerprint density at radius 2 is 2.00 bits per heavy atom. The van der Waals surface area contributed by atoms with Gasteiger partial charge in [0.2, 0.25) is 11.7 Å². The van der Waals surface area contributed by atoms with Gasteiger partial charge in [-0.15, -0.1) is 0 Å². The second kappa shape index (κ2) is 5.85. The largest absolute Gasteiger partial charge is 0.486 e. The predicted octanol–water partition coefficient (Wildman–Crippen LogP) is 3.37. The van der Waals surface area contributed by atoms with Crippen LogP contribution < -0.4 is 14.8 Å². The number of rotatable bonds is 4. The van der Waals surface area contributed by atoms with Gasteiger partial charge in [0, 0.05) is 12.1 Å². The zero-order valence-corrected chi connectivity index (χ0v) is 12.7. The van der Waals surface area contributed by atoms with Crippen molar-refractivity contribution in [1.82, 2.24) is 10.1 Å². The lowest BCUT2D eigenvalue weighted by Gasteiger charge is -2.20. The molecule has 3 aromatic rings. The van der Waals surface area contributed by atoms with E-state index in [1.54, 1.807) is 30.5 Å². The molecule has 0 aliphatic carbocycles. The number of ether oxygens (including phenoxy) is 2. The first-order valence-electron chi connectivity index (χ1n) is 6.99. The summed E-state index contributed by atoms with van der Waals surface area (Å²) in [5, 5.41) is 7.54. The summed E-state index contributed by atoms with van der Waals surface area (Å²) >= 11 is 6.23. The van der Waals surface area contributed by atoms with E-state index in [0.29, 0.717) is 59.4 Å². The van der Waals surface area contributed by atoms with Gasteiger partial charge in [-0.05, 0) is 12.1 Å². The van der Waals surface area contributed by atoms with E-state index in [-0.39, 0.29) is 0 Å². The van der Waals surface area contributed by atoms with Crippen LogP contribution in [0.25, 0.3) is 11.6 Å². The van der Waals surface area contributed by atoms with Crippen LogP contribution in [0.5, 0.6) is 11.5 Å². The fourth-order valence-electron chi connectivity index (χ4n) is 2.20. The van der Waals surface area contributed by atoms with Crippen molar-refractivity contribution >= 4 is 17.3 Å². The van der Waals surface area contributed by atoms with Gasteiger partial charge in [0.15, 0.2) is 17.3 Å². The highest BCUT2D eigenvalue weighted by atomic mass is 35.5. The van der Waals surface area contributed by atoms with Crippen molar-refractivity contribution in [1.29, 1.82) is 0 Å². The summed E-state index contributed by atoms with van der Waals surface area (Å²) in [5.41, 5.74) is 0.702. The zero-order valence-electron chi connectivity index (χ0n) is 11.9. The number of hydrogen-bond acceptors (Lipinski definition) is 7. The molecule has 1 aliphatic heterocycles. The van der Waals surface area contributed by atoms with Gasteiger partial charge in [-0.2, -0.15) is 4.98 Å². The summed E-state index contributed by atoms with van der Waals surface area (Å²) in [6.07, 6.45) is 1.55. The number of aromatic nitrogens is 2. The third-order valence-corrected chi connectivity index (χ3v) is 3.58. The van der Waals surface area contributed by atoms with Crippen LogP contribution in [0.15, 0.2) is 39.5 Å². The van der Waals surface area contributed by atoms with Crippen molar-refractivity contribution in [2.75, 3.05) is 18.5 Å². The molecule has 0 saturated carbocycles. The normalized spacial score (nSPS) is 13.1. The van der Waals surface area contributed by atoms with Crippen molar-refractivity contribution in [3.05, 3.63) is 41.4 Å². The number of hydrogen-bond donors (Lipinski definition) is 1. The van der Waals surface area contributed by atoms with Crippen LogP contribution in [0.4, 0.5) is 5.69 Å². The van der Waals surface area contributed by atoms with Crippen LogP contribution in [0.3, 0.4) is 0 Å². The van der Waals surface area contributed by atoms with E-state index >= 15 is 0 Å². The highest BCUT2D eigenvalue weighted by molar-refractivity contribution is 6.33. The Balaban J connectivity index is 1.49. The van der Waals surface area contributed by atoms with Gasteiger partial charge in [0.05, 0.1) is 23.5 Å². The minimum absolute atomic E-state index is 0.326. The van der Waals surface area contributed by atoms with Crippen LogP contribution in [-0.2, 0) is 6.54 Å². The molecule has 1 aliphatic rings.